The fourth-order valence-electron chi connectivity index (χ4n) is 3.95. The van der Waals surface area contributed by atoms with Gasteiger partial charge in [0, 0.05) is 18.2 Å². The van der Waals surface area contributed by atoms with Gasteiger partial charge in [0.15, 0.2) is 0 Å². The molecule has 180 valence electrons. The molecule has 1 aliphatic rings. The van der Waals surface area contributed by atoms with E-state index in [1.165, 1.54) is 0 Å². The Balaban J connectivity index is 1.67. The lowest BCUT2D eigenvalue weighted by molar-refractivity contribution is -0.143. The standard InChI is InChI=1S/C24H26F6N2O/c1-15(2)22(33)31-21-5-3-4-18(12-21)17-6-8-32(9-7-17)14-16-10-19(23(25,26)27)13-20(11-16)24(28,29)30/h3-5,10-13,15,17H,6-9,14H2,1-2H3,(H,31,33). The van der Waals surface area contributed by atoms with Crippen LogP contribution < -0.4 is 5.32 Å². The maximum atomic E-state index is 13.1. The molecule has 0 radical (unpaired) electrons. The highest BCUT2D eigenvalue weighted by Crippen LogP contribution is 2.37. The highest BCUT2D eigenvalue weighted by Gasteiger charge is 2.37. The van der Waals surface area contributed by atoms with Gasteiger partial charge in [-0.1, -0.05) is 26.0 Å². The van der Waals surface area contributed by atoms with Crippen LogP contribution in [0.5, 0.6) is 0 Å². The first-order chi connectivity index (χ1) is 15.3. The number of benzene rings is 2. The van der Waals surface area contributed by atoms with Crippen molar-refractivity contribution in [2.45, 2.75) is 51.5 Å². The summed E-state index contributed by atoms with van der Waals surface area (Å²) in [7, 11) is 0. The minimum absolute atomic E-state index is 0.00556. The summed E-state index contributed by atoms with van der Waals surface area (Å²) in [6.07, 6.45) is -8.27. The molecule has 2 aromatic rings. The van der Waals surface area contributed by atoms with Crippen molar-refractivity contribution in [1.82, 2.24) is 4.90 Å². The number of hydrogen-bond acceptors (Lipinski definition) is 2. The molecule has 0 saturated carbocycles. The van der Waals surface area contributed by atoms with E-state index >= 15 is 0 Å². The predicted octanol–water partition coefficient (Wildman–Crippen LogP) is 6.70. The zero-order chi connectivity index (χ0) is 24.4. The maximum Gasteiger partial charge on any atom is 0.416 e. The molecule has 0 bridgehead atoms. The molecule has 0 unspecified atom stereocenters. The molecule has 1 fully saturated rings. The van der Waals surface area contributed by atoms with Crippen molar-refractivity contribution in [1.29, 1.82) is 0 Å². The summed E-state index contributed by atoms with van der Waals surface area (Å²) in [5.74, 6) is -0.0312. The molecule has 3 rings (SSSR count). The molecule has 1 N–H and O–H groups in total. The molecule has 0 aromatic heterocycles. The van der Waals surface area contributed by atoms with E-state index in [9.17, 15) is 31.1 Å². The van der Waals surface area contributed by atoms with Gasteiger partial charge < -0.3 is 5.32 Å². The number of carbonyl (C=O) groups excluding carboxylic acids is 1. The van der Waals surface area contributed by atoms with E-state index in [1.807, 2.05) is 29.2 Å². The van der Waals surface area contributed by atoms with Gasteiger partial charge in [-0.15, -0.1) is 0 Å². The van der Waals surface area contributed by atoms with Crippen LogP contribution in [0.1, 0.15) is 54.9 Å². The zero-order valence-corrected chi connectivity index (χ0v) is 18.4. The quantitative estimate of drug-likeness (QED) is 0.492. The van der Waals surface area contributed by atoms with E-state index in [1.54, 1.807) is 13.8 Å². The second kappa shape index (κ2) is 9.75. The van der Waals surface area contributed by atoms with Crippen molar-refractivity contribution < 1.29 is 31.1 Å². The molecule has 0 aliphatic carbocycles. The highest BCUT2D eigenvalue weighted by atomic mass is 19.4. The second-order valence-electron chi connectivity index (χ2n) is 8.73. The van der Waals surface area contributed by atoms with Gasteiger partial charge in [-0.3, -0.25) is 9.69 Å². The number of halogens is 6. The Kier molecular flexibility index (Phi) is 7.41. The van der Waals surface area contributed by atoms with Crippen LogP contribution in [0.25, 0.3) is 0 Å². The molecular weight excluding hydrogens is 446 g/mol. The lowest BCUT2D eigenvalue weighted by Crippen LogP contribution is -2.32. The smallest absolute Gasteiger partial charge is 0.326 e. The van der Waals surface area contributed by atoms with Crippen molar-refractivity contribution in [2.24, 2.45) is 5.92 Å². The maximum absolute atomic E-state index is 13.1. The number of piperidine rings is 1. The van der Waals surface area contributed by atoms with Gasteiger partial charge in [-0.05, 0) is 73.3 Å². The molecule has 33 heavy (non-hydrogen) atoms. The summed E-state index contributed by atoms with van der Waals surface area (Å²) >= 11 is 0. The molecule has 2 aromatic carbocycles. The Morgan fingerprint density at radius 3 is 2.06 bits per heavy atom. The largest absolute Gasteiger partial charge is 0.416 e. The van der Waals surface area contributed by atoms with E-state index in [2.05, 4.69) is 5.32 Å². The second-order valence-corrected chi connectivity index (χ2v) is 8.73. The van der Waals surface area contributed by atoms with Gasteiger partial charge in [0.25, 0.3) is 0 Å². The zero-order valence-electron chi connectivity index (χ0n) is 18.4. The Labute approximate surface area is 188 Å². The Morgan fingerprint density at radius 1 is 0.970 bits per heavy atom. The molecule has 1 saturated heterocycles. The predicted molar refractivity (Wildman–Crippen MR) is 114 cm³/mol. The van der Waals surface area contributed by atoms with Crippen LogP contribution in [0, 0.1) is 5.92 Å². The summed E-state index contributed by atoms with van der Waals surface area (Å²) in [5.41, 5.74) is -0.828. The number of hydrogen-bond donors (Lipinski definition) is 1. The number of amides is 1. The normalized spacial score (nSPS) is 16.3. The molecule has 3 nitrogen and oxygen atoms in total. The summed E-state index contributed by atoms with van der Waals surface area (Å²) in [6, 6.07) is 9.30. The number of likely N-dealkylation sites (tertiary alicyclic amines) is 1. The van der Waals surface area contributed by atoms with Crippen LogP contribution in [-0.4, -0.2) is 23.9 Å². The van der Waals surface area contributed by atoms with E-state index in [-0.39, 0.29) is 35.9 Å². The van der Waals surface area contributed by atoms with Crippen molar-refractivity contribution >= 4 is 11.6 Å². The molecule has 1 heterocycles. The van der Waals surface area contributed by atoms with Gasteiger partial charge in [-0.2, -0.15) is 26.3 Å². The SMILES string of the molecule is CC(C)C(=O)Nc1cccc(C2CCN(Cc3cc(C(F)(F)F)cc(C(F)(F)F)c3)CC2)c1. The third kappa shape index (κ3) is 6.72. The monoisotopic (exact) mass is 472 g/mol. The number of nitrogens with zero attached hydrogens (tertiary/aromatic N) is 1. The number of carbonyl (C=O) groups is 1. The number of nitrogens with one attached hydrogen (secondary N) is 1. The van der Waals surface area contributed by atoms with E-state index in [4.69, 9.17) is 0 Å². The highest BCUT2D eigenvalue weighted by molar-refractivity contribution is 5.92. The molecule has 0 atom stereocenters. The third-order valence-corrected chi connectivity index (χ3v) is 5.79. The van der Waals surface area contributed by atoms with Crippen LogP contribution in [0.3, 0.4) is 0 Å². The van der Waals surface area contributed by atoms with Crippen molar-refractivity contribution in [3.8, 4) is 0 Å². The first kappa shape index (κ1) is 25.1. The molecule has 9 heteroatoms. The average molecular weight is 472 g/mol. The molecule has 1 aliphatic heterocycles. The van der Waals surface area contributed by atoms with Crippen molar-refractivity contribution in [3.05, 3.63) is 64.7 Å². The Hall–Kier alpha value is -2.55. The number of alkyl halides is 6. The van der Waals surface area contributed by atoms with Crippen LogP contribution in [0.4, 0.5) is 32.0 Å². The summed E-state index contributed by atoms with van der Waals surface area (Å²) in [5, 5.41) is 2.86. The van der Waals surface area contributed by atoms with Crippen molar-refractivity contribution in [3.63, 3.8) is 0 Å². The van der Waals surface area contributed by atoms with Crippen LogP contribution in [-0.2, 0) is 23.7 Å². The first-order valence-electron chi connectivity index (χ1n) is 10.7. The summed E-state index contributed by atoms with van der Waals surface area (Å²) in [4.78, 5) is 13.8. The van der Waals surface area contributed by atoms with Crippen LogP contribution >= 0.6 is 0 Å². The topological polar surface area (TPSA) is 32.3 Å². The third-order valence-electron chi connectivity index (χ3n) is 5.79. The lowest BCUT2D eigenvalue weighted by Gasteiger charge is -2.32. The van der Waals surface area contributed by atoms with Gasteiger partial charge >= 0.3 is 12.4 Å². The van der Waals surface area contributed by atoms with Crippen LogP contribution in [0.2, 0.25) is 0 Å². The average Bonchev–Trinajstić information content (AvgIpc) is 2.73. The van der Waals surface area contributed by atoms with Gasteiger partial charge in [0.05, 0.1) is 11.1 Å². The molecule has 1 amide bonds. The van der Waals surface area contributed by atoms with Crippen LogP contribution in [0.15, 0.2) is 42.5 Å². The van der Waals surface area contributed by atoms with Gasteiger partial charge in [0.2, 0.25) is 5.91 Å². The molecular formula is C24H26F6N2O. The van der Waals surface area contributed by atoms with Gasteiger partial charge in [0.1, 0.15) is 0 Å². The first-order valence-corrected chi connectivity index (χ1v) is 10.7. The minimum Gasteiger partial charge on any atom is -0.326 e. The minimum atomic E-state index is -4.85. The lowest BCUT2D eigenvalue weighted by atomic mass is 9.89. The fourth-order valence-corrected chi connectivity index (χ4v) is 3.95. The number of rotatable bonds is 5. The number of anilines is 1. The van der Waals surface area contributed by atoms with Crippen molar-refractivity contribution in [2.75, 3.05) is 18.4 Å². The van der Waals surface area contributed by atoms with Gasteiger partial charge in [-0.25, -0.2) is 0 Å². The van der Waals surface area contributed by atoms with E-state index in [0.717, 1.165) is 17.7 Å². The Morgan fingerprint density at radius 2 is 1.55 bits per heavy atom. The van der Waals surface area contributed by atoms with E-state index in [0.29, 0.717) is 31.6 Å². The fraction of sp³-hybridized carbons (Fsp3) is 0.458. The van der Waals surface area contributed by atoms with E-state index < -0.39 is 23.5 Å². The summed E-state index contributed by atoms with van der Waals surface area (Å²) in [6.45, 7) is 4.72. The Bertz CT molecular complexity index is 943. The molecule has 0 spiro atoms. The summed E-state index contributed by atoms with van der Waals surface area (Å²) < 4.78 is 78.6.